The molecule has 0 amide bonds. The second kappa shape index (κ2) is 7.88. The molecule has 0 aromatic heterocycles. The fourth-order valence-corrected chi connectivity index (χ4v) is 4.72. The zero-order valence-corrected chi connectivity index (χ0v) is 18.1. The predicted octanol–water partition coefficient (Wildman–Crippen LogP) is 4.93. The number of benzene rings is 2. The third-order valence-corrected chi connectivity index (χ3v) is 5.96. The van der Waals surface area contributed by atoms with Crippen LogP contribution in [0.1, 0.15) is 44.2 Å². The fraction of sp³-hybridized carbons (Fsp3) is 0.409. The van der Waals surface area contributed by atoms with Crippen molar-refractivity contribution in [2.24, 2.45) is 11.1 Å². The van der Waals surface area contributed by atoms with Crippen molar-refractivity contribution in [1.82, 2.24) is 5.32 Å². The molecule has 0 aliphatic carbocycles. The number of nitrogens with two attached hydrogens (primary N) is 1. The zero-order valence-electron chi connectivity index (χ0n) is 16.5. The van der Waals surface area contributed by atoms with Crippen LogP contribution < -0.4 is 11.1 Å². The molecule has 156 valence electrons. The van der Waals surface area contributed by atoms with E-state index in [1.807, 2.05) is 20.8 Å². The van der Waals surface area contributed by atoms with Crippen molar-refractivity contribution < 1.29 is 14.3 Å². The second-order valence-corrected chi connectivity index (χ2v) is 9.76. The van der Waals surface area contributed by atoms with E-state index < -0.39 is 35.3 Å². The smallest absolute Gasteiger partial charge is 0.321 e. The van der Waals surface area contributed by atoms with Gasteiger partial charge in [0.25, 0.3) is 0 Å². The molecule has 1 fully saturated rings. The zero-order chi connectivity index (χ0) is 21.6. The third-order valence-electron chi connectivity index (χ3n) is 5.49. The Bertz CT molecular complexity index is 931. The van der Waals surface area contributed by atoms with Gasteiger partial charge in [-0.15, -0.1) is 0 Å². The molecule has 3 rings (SSSR count). The monoisotopic (exact) mass is 438 g/mol. The van der Waals surface area contributed by atoms with Crippen LogP contribution in [0.2, 0.25) is 10.0 Å². The predicted molar refractivity (Wildman–Crippen MR) is 114 cm³/mol. The minimum atomic E-state index is -1.32. The normalized spacial score (nSPS) is 27.2. The molecule has 0 radical (unpaired) electrons. The van der Waals surface area contributed by atoms with Crippen molar-refractivity contribution in [3.8, 4) is 0 Å². The van der Waals surface area contributed by atoms with Crippen LogP contribution in [0.3, 0.4) is 0 Å². The van der Waals surface area contributed by atoms with Gasteiger partial charge in [-0.25, -0.2) is 4.39 Å². The maximum absolute atomic E-state index is 15.1. The molecule has 0 bridgehead atoms. The topological polar surface area (TPSA) is 75.3 Å². The van der Waals surface area contributed by atoms with E-state index in [2.05, 4.69) is 5.32 Å². The number of rotatable bonds is 4. The number of carboxylic acid groups (broad SMARTS) is 1. The summed E-state index contributed by atoms with van der Waals surface area (Å²) in [5, 5.41) is 13.9. The first-order chi connectivity index (χ1) is 13.4. The highest BCUT2D eigenvalue weighted by Gasteiger charge is 2.57. The molecular formula is C22H25Cl2FN2O2. The molecule has 1 aliphatic rings. The van der Waals surface area contributed by atoms with E-state index in [1.165, 1.54) is 6.07 Å². The molecule has 4 nitrogen and oxygen atoms in total. The molecule has 4 atom stereocenters. The Hall–Kier alpha value is -1.66. The molecule has 1 aliphatic heterocycles. The number of carboxylic acids is 1. The number of carbonyl (C=O) groups is 1. The van der Waals surface area contributed by atoms with Crippen molar-refractivity contribution in [2.75, 3.05) is 0 Å². The summed E-state index contributed by atoms with van der Waals surface area (Å²) in [6.07, 6.45) is 0.548. The van der Waals surface area contributed by atoms with Crippen LogP contribution in [0.15, 0.2) is 42.5 Å². The summed E-state index contributed by atoms with van der Waals surface area (Å²) in [5.41, 5.74) is 6.37. The second-order valence-electron chi connectivity index (χ2n) is 8.89. The van der Waals surface area contributed by atoms with Crippen LogP contribution in [0, 0.1) is 11.2 Å². The Balaban J connectivity index is 2.26. The van der Waals surface area contributed by atoms with E-state index in [1.54, 1.807) is 36.4 Å². The lowest BCUT2D eigenvalue weighted by atomic mass is 9.68. The summed E-state index contributed by atoms with van der Waals surface area (Å²) in [6.45, 7) is 6.11. The highest BCUT2D eigenvalue weighted by Crippen LogP contribution is 2.49. The van der Waals surface area contributed by atoms with Gasteiger partial charge in [-0.2, -0.15) is 0 Å². The van der Waals surface area contributed by atoms with Crippen LogP contribution in [-0.2, 0) is 10.3 Å². The Morgan fingerprint density at radius 1 is 1.21 bits per heavy atom. The van der Waals surface area contributed by atoms with E-state index in [9.17, 15) is 9.90 Å². The fourth-order valence-electron chi connectivity index (χ4n) is 4.36. The van der Waals surface area contributed by atoms with Gasteiger partial charge in [0.15, 0.2) is 0 Å². The minimum absolute atomic E-state index is 0.169. The maximum Gasteiger partial charge on any atom is 0.321 e. The van der Waals surface area contributed by atoms with Gasteiger partial charge in [0.05, 0.1) is 5.54 Å². The molecule has 1 saturated heterocycles. The van der Waals surface area contributed by atoms with Crippen LogP contribution in [0.5, 0.6) is 0 Å². The van der Waals surface area contributed by atoms with E-state index in [-0.39, 0.29) is 16.0 Å². The highest BCUT2D eigenvalue weighted by molar-refractivity contribution is 6.30. The number of nitrogens with one attached hydrogen (secondary N) is 1. The lowest BCUT2D eigenvalue weighted by Gasteiger charge is -2.39. The van der Waals surface area contributed by atoms with E-state index >= 15 is 4.39 Å². The largest absolute Gasteiger partial charge is 0.480 e. The molecule has 0 unspecified atom stereocenters. The van der Waals surface area contributed by atoms with Gasteiger partial charge in [0.1, 0.15) is 11.9 Å². The molecule has 2 aromatic rings. The number of halogens is 3. The summed E-state index contributed by atoms with van der Waals surface area (Å²) in [6, 6.07) is 9.78. The molecule has 0 spiro atoms. The van der Waals surface area contributed by atoms with Crippen LogP contribution in [0.4, 0.5) is 4.39 Å². The van der Waals surface area contributed by atoms with Crippen LogP contribution in [-0.4, -0.2) is 23.2 Å². The quantitative estimate of drug-likeness (QED) is 0.632. The van der Waals surface area contributed by atoms with Gasteiger partial charge in [0.2, 0.25) is 0 Å². The van der Waals surface area contributed by atoms with Crippen LogP contribution >= 0.6 is 23.2 Å². The summed E-state index contributed by atoms with van der Waals surface area (Å²) in [4.78, 5) is 12.2. The molecule has 29 heavy (non-hydrogen) atoms. The van der Waals surface area contributed by atoms with Gasteiger partial charge in [0, 0.05) is 27.6 Å². The maximum atomic E-state index is 15.1. The number of aliphatic carboxylic acids is 1. The summed E-state index contributed by atoms with van der Waals surface area (Å²) < 4.78 is 15.1. The first kappa shape index (κ1) is 22.0. The van der Waals surface area contributed by atoms with Crippen molar-refractivity contribution in [3.05, 3.63) is 69.5 Å². The number of hydrogen-bond donors (Lipinski definition) is 3. The summed E-state index contributed by atoms with van der Waals surface area (Å²) in [5.74, 6) is -2.34. The molecule has 0 saturated carbocycles. The average molecular weight is 439 g/mol. The van der Waals surface area contributed by atoms with Gasteiger partial charge < -0.3 is 10.8 Å². The molecule has 4 N–H and O–H groups in total. The minimum Gasteiger partial charge on any atom is -0.480 e. The first-order valence-corrected chi connectivity index (χ1v) is 10.2. The lowest BCUT2D eigenvalue weighted by molar-refractivity contribution is -0.139. The van der Waals surface area contributed by atoms with Crippen molar-refractivity contribution in [1.29, 1.82) is 0 Å². The van der Waals surface area contributed by atoms with Gasteiger partial charge in [-0.3, -0.25) is 10.1 Å². The van der Waals surface area contributed by atoms with Gasteiger partial charge >= 0.3 is 5.97 Å². The van der Waals surface area contributed by atoms with E-state index in [4.69, 9.17) is 28.9 Å². The molecule has 2 aromatic carbocycles. The number of hydrogen-bond acceptors (Lipinski definition) is 3. The van der Waals surface area contributed by atoms with E-state index in [0.29, 0.717) is 17.0 Å². The van der Waals surface area contributed by atoms with Crippen molar-refractivity contribution in [2.45, 2.75) is 50.7 Å². The summed E-state index contributed by atoms with van der Waals surface area (Å²) in [7, 11) is 0. The Kier molecular flexibility index (Phi) is 5.98. The molecular weight excluding hydrogens is 414 g/mol. The molecule has 1 heterocycles. The van der Waals surface area contributed by atoms with E-state index in [0.717, 1.165) is 0 Å². The Labute approximate surface area is 180 Å². The van der Waals surface area contributed by atoms with Crippen LogP contribution in [0.25, 0.3) is 0 Å². The summed E-state index contributed by atoms with van der Waals surface area (Å²) >= 11 is 12.1. The van der Waals surface area contributed by atoms with Gasteiger partial charge in [-0.1, -0.05) is 62.2 Å². The molecule has 7 heteroatoms. The Morgan fingerprint density at radius 2 is 1.86 bits per heavy atom. The standard InChI is InChI=1S/C22H25Cl2FN2O2/c1-21(2,3)11-17-22(26,15-8-7-14(24)10-16(15)25)18(19(27-17)20(28)29)12-5-4-6-13(23)9-12/h4-10,17-19,27H,11,26H2,1-3H3,(H,28,29)/t17-,18-,19+,22+/m0/s1. The lowest BCUT2D eigenvalue weighted by Crippen LogP contribution is -2.52. The Morgan fingerprint density at radius 3 is 2.41 bits per heavy atom. The highest BCUT2D eigenvalue weighted by atomic mass is 35.5. The first-order valence-electron chi connectivity index (χ1n) is 9.42. The van der Waals surface area contributed by atoms with Crippen molar-refractivity contribution in [3.63, 3.8) is 0 Å². The third kappa shape index (κ3) is 4.29. The SMILES string of the molecule is CC(C)(C)C[C@@H]1N[C@@H](C(=O)O)[C@H](c2cccc(Cl)c2)[C@@]1(N)c1ccc(Cl)cc1F. The van der Waals surface area contributed by atoms with Gasteiger partial charge in [-0.05, 0) is 41.7 Å². The van der Waals surface area contributed by atoms with Crippen molar-refractivity contribution >= 4 is 29.2 Å². The average Bonchev–Trinajstić information content (AvgIpc) is 2.86.